The van der Waals surface area contributed by atoms with E-state index in [0.29, 0.717) is 16.5 Å². The van der Waals surface area contributed by atoms with E-state index in [4.69, 9.17) is 5.11 Å². The van der Waals surface area contributed by atoms with Crippen LogP contribution >= 0.6 is 0 Å². The Kier molecular flexibility index (Phi) is 6.34. The monoisotopic (exact) mass is 395 g/mol. The van der Waals surface area contributed by atoms with E-state index in [2.05, 4.69) is 10.2 Å². The van der Waals surface area contributed by atoms with Gasteiger partial charge in [-0.3, -0.25) is 4.55 Å². The van der Waals surface area contributed by atoms with Gasteiger partial charge >= 0.3 is 5.97 Å². The molecule has 0 saturated heterocycles. The molecule has 3 rings (SSSR count). The summed E-state index contributed by atoms with van der Waals surface area (Å²) < 4.78 is 32.1. The van der Waals surface area contributed by atoms with Gasteiger partial charge in [0.1, 0.15) is 16.2 Å². The Bertz CT molecular complexity index is 1160. The summed E-state index contributed by atoms with van der Waals surface area (Å²) in [6.45, 7) is 0. The molecule has 0 atom stereocenters. The number of fused-ring (bicyclic) bond motifs is 1. The van der Waals surface area contributed by atoms with E-state index < -0.39 is 16.1 Å². The number of benzene rings is 3. The summed E-state index contributed by atoms with van der Waals surface area (Å²) in [7, 11) is -4.35. The summed E-state index contributed by atoms with van der Waals surface area (Å²) in [6.07, 6.45) is 0. The Morgan fingerprint density at radius 1 is 0.926 bits per heavy atom. The van der Waals surface area contributed by atoms with Gasteiger partial charge in [-0.25, -0.2) is 4.79 Å². The predicted octanol–water partition coefficient (Wildman–Crippen LogP) is 3.52. The Morgan fingerprint density at radius 3 is 2.19 bits per heavy atom. The Hall–Kier alpha value is -2.30. The number of nitrogens with zero attached hydrogens (tertiary/aromatic N) is 2. The SMILES string of the molecule is O=C(O)c1cc(N=Nc2ccc3c(S(=O)(=O)O)cccc3c2)ccc1O.[Na]. The van der Waals surface area contributed by atoms with Crippen molar-refractivity contribution in [2.75, 3.05) is 0 Å². The van der Waals surface area contributed by atoms with Crippen LogP contribution in [0.2, 0.25) is 0 Å². The van der Waals surface area contributed by atoms with E-state index in [1.54, 1.807) is 12.1 Å². The minimum absolute atomic E-state index is 0. The quantitative estimate of drug-likeness (QED) is 0.351. The summed E-state index contributed by atoms with van der Waals surface area (Å²) in [5.41, 5.74) is 0.333. The molecule has 0 aliphatic heterocycles. The third-order valence-electron chi connectivity index (χ3n) is 3.59. The topological polar surface area (TPSA) is 137 Å². The van der Waals surface area contributed by atoms with Gasteiger partial charge in [0, 0.05) is 34.9 Å². The van der Waals surface area contributed by atoms with Gasteiger partial charge < -0.3 is 10.2 Å². The summed E-state index contributed by atoms with van der Waals surface area (Å²) in [5, 5.41) is 27.2. The number of phenols is 1. The third kappa shape index (κ3) is 4.71. The summed E-state index contributed by atoms with van der Waals surface area (Å²) >= 11 is 0. The van der Waals surface area contributed by atoms with E-state index >= 15 is 0 Å². The molecule has 0 amide bonds. The van der Waals surface area contributed by atoms with E-state index in [9.17, 15) is 22.9 Å². The van der Waals surface area contributed by atoms with E-state index in [0.717, 1.165) is 0 Å². The number of aromatic carboxylic acids is 1. The maximum Gasteiger partial charge on any atom is 0.339 e. The zero-order chi connectivity index (χ0) is 18.9. The molecule has 0 fully saturated rings. The van der Waals surface area contributed by atoms with Crippen molar-refractivity contribution in [1.82, 2.24) is 0 Å². The van der Waals surface area contributed by atoms with Gasteiger partial charge in [0.2, 0.25) is 0 Å². The fourth-order valence-corrected chi connectivity index (χ4v) is 3.12. The zero-order valence-corrected chi connectivity index (χ0v) is 16.9. The number of carbonyl (C=O) groups is 1. The van der Waals surface area contributed by atoms with Crippen LogP contribution in [0.4, 0.5) is 11.4 Å². The first-order chi connectivity index (χ1) is 12.3. The Morgan fingerprint density at radius 2 is 1.56 bits per heavy atom. The second-order valence-electron chi connectivity index (χ2n) is 5.34. The molecule has 3 aromatic carbocycles. The molecule has 10 heteroatoms. The van der Waals surface area contributed by atoms with Gasteiger partial charge in [0.05, 0.1) is 11.4 Å². The third-order valence-corrected chi connectivity index (χ3v) is 4.51. The number of aromatic hydroxyl groups is 1. The van der Waals surface area contributed by atoms with Crippen molar-refractivity contribution in [3.63, 3.8) is 0 Å². The number of hydrogen-bond donors (Lipinski definition) is 3. The number of carboxylic acid groups (broad SMARTS) is 1. The van der Waals surface area contributed by atoms with Crippen LogP contribution in [0.5, 0.6) is 5.75 Å². The zero-order valence-electron chi connectivity index (χ0n) is 14.1. The number of hydrogen-bond acceptors (Lipinski definition) is 6. The molecule has 1 radical (unpaired) electrons. The fraction of sp³-hybridized carbons (Fsp3) is 0. The van der Waals surface area contributed by atoms with Crippen molar-refractivity contribution in [1.29, 1.82) is 0 Å². The van der Waals surface area contributed by atoms with Crippen molar-refractivity contribution in [3.8, 4) is 5.75 Å². The molecule has 8 nitrogen and oxygen atoms in total. The first-order valence-corrected chi connectivity index (χ1v) is 8.68. The standard InChI is InChI=1S/C17H12N2O6S.Na/c20-15-7-5-12(9-14(15)17(21)22)19-18-11-4-6-13-10(8-11)2-1-3-16(13)26(23,24)25;/h1-9,20H,(H,21,22)(H,23,24,25);. The first-order valence-electron chi connectivity index (χ1n) is 7.24. The van der Waals surface area contributed by atoms with Gasteiger partial charge in [-0.2, -0.15) is 18.6 Å². The van der Waals surface area contributed by atoms with Crippen molar-refractivity contribution in [2.24, 2.45) is 10.2 Å². The summed E-state index contributed by atoms with van der Waals surface area (Å²) in [4.78, 5) is 10.8. The van der Waals surface area contributed by atoms with Gasteiger partial charge in [0.15, 0.2) is 0 Å². The average molecular weight is 395 g/mol. The van der Waals surface area contributed by atoms with Crippen LogP contribution in [0.3, 0.4) is 0 Å². The van der Waals surface area contributed by atoms with Gasteiger partial charge in [0.25, 0.3) is 10.1 Å². The van der Waals surface area contributed by atoms with Crippen LogP contribution in [0.25, 0.3) is 10.8 Å². The Balaban J connectivity index is 0.00000261. The molecule has 0 bridgehead atoms. The van der Waals surface area contributed by atoms with Crippen molar-refractivity contribution < 1.29 is 28.0 Å². The molecule has 3 N–H and O–H groups in total. The average Bonchev–Trinajstić information content (AvgIpc) is 2.59. The maximum atomic E-state index is 11.4. The normalized spacial score (nSPS) is 11.4. The maximum absolute atomic E-state index is 11.4. The number of rotatable bonds is 4. The van der Waals surface area contributed by atoms with Crippen molar-refractivity contribution in [2.45, 2.75) is 4.90 Å². The fourth-order valence-electron chi connectivity index (χ4n) is 2.40. The second-order valence-corrected chi connectivity index (χ2v) is 6.73. The molecule has 0 aliphatic rings. The summed E-state index contributed by atoms with van der Waals surface area (Å²) in [5.74, 6) is -1.66. The summed E-state index contributed by atoms with van der Waals surface area (Å²) in [6, 6.07) is 12.8. The van der Waals surface area contributed by atoms with E-state index in [1.807, 2.05) is 0 Å². The van der Waals surface area contributed by atoms with Crippen LogP contribution in [0.15, 0.2) is 69.7 Å². The molecule has 0 saturated carbocycles. The van der Waals surface area contributed by atoms with Gasteiger partial charge in [-0.1, -0.05) is 18.2 Å². The van der Waals surface area contributed by atoms with Crippen LogP contribution < -0.4 is 0 Å². The molecule has 0 aliphatic carbocycles. The molecule has 27 heavy (non-hydrogen) atoms. The second kappa shape index (κ2) is 8.15. The van der Waals surface area contributed by atoms with Crippen LogP contribution in [-0.4, -0.2) is 58.7 Å². The van der Waals surface area contributed by atoms with Crippen molar-refractivity contribution >= 4 is 67.8 Å². The molecular formula is C17H12N2NaO6S. The Labute approximate surface area is 176 Å². The smallest absolute Gasteiger partial charge is 0.339 e. The predicted molar refractivity (Wildman–Crippen MR) is 98.8 cm³/mol. The molecule has 0 unspecified atom stereocenters. The van der Waals surface area contributed by atoms with E-state index in [-0.39, 0.29) is 51.5 Å². The minimum Gasteiger partial charge on any atom is -0.507 e. The molecule has 133 valence electrons. The molecule has 0 heterocycles. The molecule has 3 aromatic rings. The number of carboxylic acids is 1. The first kappa shape index (κ1) is 21.0. The molecule has 0 spiro atoms. The largest absolute Gasteiger partial charge is 0.507 e. The van der Waals surface area contributed by atoms with Crippen molar-refractivity contribution in [3.05, 3.63) is 60.2 Å². The van der Waals surface area contributed by atoms with Crippen LogP contribution in [0.1, 0.15) is 10.4 Å². The van der Waals surface area contributed by atoms with E-state index in [1.165, 1.54) is 42.5 Å². The van der Waals surface area contributed by atoms with Gasteiger partial charge in [-0.05, 0) is 41.8 Å². The molecular weight excluding hydrogens is 383 g/mol. The minimum atomic E-state index is -4.35. The van der Waals surface area contributed by atoms with Crippen LogP contribution in [0, 0.1) is 0 Å². The molecule has 0 aromatic heterocycles. The van der Waals surface area contributed by atoms with Crippen LogP contribution in [-0.2, 0) is 10.1 Å². The van der Waals surface area contributed by atoms with Gasteiger partial charge in [-0.15, -0.1) is 0 Å². The number of azo groups is 1.